The van der Waals surface area contributed by atoms with Gasteiger partial charge in [-0.05, 0) is 48.9 Å². The van der Waals surface area contributed by atoms with Crippen molar-refractivity contribution in [3.8, 4) is 11.5 Å². The van der Waals surface area contributed by atoms with Gasteiger partial charge in [-0.1, -0.05) is 47.5 Å². The van der Waals surface area contributed by atoms with Crippen molar-refractivity contribution in [1.29, 1.82) is 0 Å². The van der Waals surface area contributed by atoms with Gasteiger partial charge in [0.05, 0.1) is 13.3 Å². The number of hydrogen-bond acceptors (Lipinski definition) is 4. The number of nitrogens with zero attached hydrogens (tertiary/aromatic N) is 1. The van der Waals surface area contributed by atoms with Crippen molar-refractivity contribution >= 4 is 23.7 Å². The molecule has 0 radical (unpaired) electrons. The number of nitrogens with one attached hydrogen (secondary N) is 1. The van der Waals surface area contributed by atoms with E-state index in [0.717, 1.165) is 16.7 Å². The average molecular weight is 409 g/mol. The molecule has 0 heterocycles. The zero-order chi connectivity index (χ0) is 20.6. The molecule has 0 unspecified atom stereocenters. The van der Waals surface area contributed by atoms with Gasteiger partial charge in [-0.3, -0.25) is 4.79 Å². The van der Waals surface area contributed by atoms with Crippen LogP contribution >= 0.6 is 11.6 Å². The predicted molar refractivity (Wildman–Crippen MR) is 115 cm³/mol. The van der Waals surface area contributed by atoms with Crippen molar-refractivity contribution in [3.63, 3.8) is 0 Å². The van der Waals surface area contributed by atoms with Crippen molar-refractivity contribution in [2.24, 2.45) is 5.10 Å². The highest BCUT2D eigenvalue weighted by Crippen LogP contribution is 2.29. The SMILES string of the molecule is COc1cc(/C=N\NC(=O)c2ccc(C)cc2)ccc1OCc1ccccc1Cl. The van der Waals surface area contributed by atoms with E-state index in [2.05, 4.69) is 10.5 Å². The van der Waals surface area contributed by atoms with Gasteiger partial charge in [0.25, 0.3) is 5.91 Å². The van der Waals surface area contributed by atoms with Gasteiger partial charge >= 0.3 is 0 Å². The van der Waals surface area contributed by atoms with E-state index in [9.17, 15) is 4.79 Å². The third-order valence-corrected chi connectivity index (χ3v) is 4.59. The van der Waals surface area contributed by atoms with E-state index in [-0.39, 0.29) is 5.91 Å². The van der Waals surface area contributed by atoms with Gasteiger partial charge in [0.1, 0.15) is 6.61 Å². The van der Waals surface area contributed by atoms with Crippen LogP contribution in [0.5, 0.6) is 11.5 Å². The number of carbonyl (C=O) groups excluding carboxylic acids is 1. The lowest BCUT2D eigenvalue weighted by Crippen LogP contribution is -2.17. The molecular weight excluding hydrogens is 388 g/mol. The molecule has 0 fully saturated rings. The molecule has 0 saturated heterocycles. The lowest BCUT2D eigenvalue weighted by atomic mass is 10.1. The Bertz CT molecular complexity index is 1020. The number of rotatable bonds is 7. The van der Waals surface area contributed by atoms with Crippen molar-refractivity contribution < 1.29 is 14.3 Å². The summed E-state index contributed by atoms with van der Waals surface area (Å²) in [6.07, 6.45) is 1.55. The maximum absolute atomic E-state index is 12.1. The minimum atomic E-state index is -0.270. The maximum atomic E-state index is 12.1. The smallest absolute Gasteiger partial charge is 0.271 e. The number of benzene rings is 3. The Labute approximate surface area is 174 Å². The number of aryl methyl sites for hydroxylation is 1. The summed E-state index contributed by atoms with van der Waals surface area (Å²) in [5, 5.41) is 4.66. The molecule has 6 heteroatoms. The molecule has 0 bridgehead atoms. The number of carbonyl (C=O) groups is 1. The predicted octanol–water partition coefficient (Wildman–Crippen LogP) is 5.00. The zero-order valence-corrected chi connectivity index (χ0v) is 16.9. The Morgan fingerprint density at radius 2 is 1.83 bits per heavy atom. The quantitative estimate of drug-likeness (QED) is 0.442. The van der Waals surface area contributed by atoms with Crippen molar-refractivity contribution in [2.45, 2.75) is 13.5 Å². The molecule has 29 heavy (non-hydrogen) atoms. The molecular formula is C23H21ClN2O3. The van der Waals surface area contributed by atoms with Crippen LogP contribution in [0.4, 0.5) is 0 Å². The molecule has 0 aromatic heterocycles. The second-order valence-electron chi connectivity index (χ2n) is 6.36. The summed E-state index contributed by atoms with van der Waals surface area (Å²) in [5.41, 5.74) is 5.81. The van der Waals surface area contributed by atoms with Gasteiger partial charge < -0.3 is 9.47 Å². The fourth-order valence-electron chi connectivity index (χ4n) is 2.59. The summed E-state index contributed by atoms with van der Waals surface area (Å²) in [6.45, 7) is 2.30. The normalized spacial score (nSPS) is 10.7. The first-order valence-electron chi connectivity index (χ1n) is 9.01. The molecule has 1 amide bonds. The van der Waals surface area contributed by atoms with Crippen LogP contribution in [0.1, 0.15) is 27.0 Å². The monoisotopic (exact) mass is 408 g/mol. The van der Waals surface area contributed by atoms with Crippen molar-refractivity contribution in [2.75, 3.05) is 7.11 Å². The average Bonchev–Trinajstić information content (AvgIpc) is 2.74. The number of amides is 1. The molecule has 0 aliphatic heterocycles. The number of halogens is 1. The van der Waals surface area contributed by atoms with Gasteiger partial charge in [0.2, 0.25) is 0 Å². The Balaban J connectivity index is 1.63. The Kier molecular flexibility index (Phi) is 6.87. The van der Waals surface area contributed by atoms with Gasteiger partial charge in [0.15, 0.2) is 11.5 Å². The largest absolute Gasteiger partial charge is 0.493 e. The highest BCUT2D eigenvalue weighted by atomic mass is 35.5. The molecule has 0 saturated carbocycles. The summed E-state index contributed by atoms with van der Waals surface area (Å²) in [4.78, 5) is 12.1. The fraction of sp³-hybridized carbons (Fsp3) is 0.130. The van der Waals surface area contributed by atoms with Crippen LogP contribution in [0.25, 0.3) is 0 Å². The standard InChI is InChI=1S/C23H21ClN2O3/c1-16-7-10-18(11-8-16)23(27)26-25-14-17-9-12-21(22(13-17)28-2)29-15-19-5-3-4-6-20(19)24/h3-14H,15H2,1-2H3,(H,26,27)/b25-14-. The molecule has 0 spiro atoms. The van der Waals surface area contributed by atoms with Crippen LogP contribution in [0, 0.1) is 6.92 Å². The highest BCUT2D eigenvalue weighted by molar-refractivity contribution is 6.31. The first kappa shape index (κ1) is 20.4. The topological polar surface area (TPSA) is 59.9 Å². The minimum absolute atomic E-state index is 0.270. The molecule has 1 N–H and O–H groups in total. The van der Waals surface area contributed by atoms with Crippen LogP contribution < -0.4 is 14.9 Å². The van der Waals surface area contributed by atoms with E-state index in [1.165, 1.54) is 0 Å². The Morgan fingerprint density at radius 3 is 2.55 bits per heavy atom. The van der Waals surface area contributed by atoms with E-state index in [1.807, 2.05) is 49.4 Å². The first-order valence-corrected chi connectivity index (χ1v) is 9.39. The van der Waals surface area contributed by atoms with E-state index in [0.29, 0.717) is 28.7 Å². The summed E-state index contributed by atoms with van der Waals surface area (Å²) in [7, 11) is 1.57. The van der Waals surface area contributed by atoms with E-state index < -0.39 is 0 Å². The van der Waals surface area contributed by atoms with Crippen LogP contribution in [-0.2, 0) is 6.61 Å². The number of ether oxygens (including phenoxy) is 2. The minimum Gasteiger partial charge on any atom is -0.493 e. The van der Waals surface area contributed by atoms with Gasteiger partial charge in [-0.2, -0.15) is 5.10 Å². The summed E-state index contributed by atoms with van der Waals surface area (Å²) >= 11 is 6.16. The molecule has 148 valence electrons. The second kappa shape index (κ2) is 9.75. The molecule has 0 aliphatic rings. The molecule has 3 rings (SSSR count). The van der Waals surface area contributed by atoms with Gasteiger partial charge in [-0.25, -0.2) is 5.43 Å². The van der Waals surface area contributed by atoms with Crippen LogP contribution in [0.2, 0.25) is 5.02 Å². The second-order valence-corrected chi connectivity index (χ2v) is 6.76. The zero-order valence-electron chi connectivity index (χ0n) is 16.2. The van der Waals surface area contributed by atoms with E-state index in [1.54, 1.807) is 37.6 Å². The third kappa shape index (κ3) is 5.59. The van der Waals surface area contributed by atoms with E-state index >= 15 is 0 Å². The number of methoxy groups -OCH3 is 1. The number of hydrazone groups is 1. The lowest BCUT2D eigenvalue weighted by Gasteiger charge is -2.12. The molecule has 0 aliphatic carbocycles. The fourth-order valence-corrected chi connectivity index (χ4v) is 2.78. The van der Waals surface area contributed by atoms with Crippen molar-refractivity contribution in [3.05, 3.63) is 94.0 Å². The van der Waals surface area contributed by atoms with Crippen LogP contribution in [0.15, 0.2) is 71.8 Å². The molecule has 5 nitrogen and oxygen atoms in total. The maximum Gasteiger partial charge on any atom is 0.271 e. The third-order valence-electron chi connectivity index (χ3n) is 4.22. The lowest BCUT2D eigenvalue weighted by molar-refractivity contribution is 0.0955. The Morgan fingerprint density at radius 1 is 1.07 bits per heavy atom. The highest BCUT2D eigenvalue weighted by Gasteiger charge is 2.07. The van der Waals surface area contributed by atoms with E-state index in [4.69, 9.17) is 21.1 Å². The summed E-state index contributed by atoms with van der Waals surface area (Å²) in [5.74, 6) is 0.882. The molecule has 0 atom stereocenters. The van der Waals surface area contributed by atoms with Crippen LogP contribution in [0.3, 0.4) is 0 Å². The number of hydrogen-bond donors (Lipinski definition) is 1. The summed E-state index contributed by atoms with van der Waals surface area (Å²) in [6, 6.07) is 20.2. The Hall–Kier alpha value is -3.31. The molecule has 3 aromatic rings. The van der Waals surface area contributed by atoms with Gasteiger partial charge in [0, 0.05) is 16.1 Å². The summed E-state index contributed by atoms with van der Waals surface area (Å²) < 4.78 is 11.2. The van der Waals surface area contributed by atoms with Crippen molar-refractivity contribution in [1.82, 2.24) is 5.43 Å². The van der Waals surface area contributed by atoms with Gasteiger partial charge in [-0.15, -0.1) is 0 Å². The molecule has 3 aromatic carbocycles. The first-order chi connectivity index (χ1) is 14.1. The van der Waals surface area contributed by atoms with Crippen LogP contribution in [-0.4, -0.2) is 19.2 Å².